The lowest BCUT2D eigenvalue weighted by atomic mass is 10.1. The maximum atomic E-state index is 11.0. The summed E-state index contributed by atoms with van der Waals surface area (Å²) in [4.78, 5) is 11.0. The molecule has 0 heterocycles. The third-order valence-electron chi connectivity index (χ3n) is 3.51. The molecule has 0 aliphatic heterocycles. The van der Waals surface area contributed by atoms with E-state index in [0.29, 0.717) is 36.9 Å². The lowest BCUT2D eigenvalue weighted by molar-refractivity contribution is -0.131. The van der Waals surface area contributed by atoms with E-state index < -0.39 is 5.97 Å². The number of allylic oxidation sites excluding steroid dienone is 1. The van der Waals surface area contributed by atoms with E-state index in [0.717, 1.165) is 17.2 Å². The van der Waals surface area contributed by atoms with Crippen LogP contribution in [0.4, 0.5) is 0 Å². The van der Waals surface area contributed by atoms with Gasteiger partial charge >= 0.3 is 5.97 Å². The lowest BCUT2D eigenvalue weighted by Crippen LogP contribution is -2.05. The second-order valence-corrected chi connectivity index (χ2v) is 5.44. The highest BCUT2D eigenvalue weighted by Gasteiger charge is 2.10. The molecule has 25 heavy (non-hydrogen) atoms. The molecule has 2 aromatic rings. The largest absolute Gasteiger partial charge is 0.491 e. The summed E-state index contributed by atoms with van der Waals surface area (Å²) in [6.07, 6.45) is 1.16. The molecule has 132 valence electrons. The fraction of sp³-hybridized carbons (Fsp3) is 0.250. The van der Waals surface area contributed by atoms with Gasteiger partial charge < -0.3 is 19.3 Å². The van der Waals surface area contributed by atoms with Crippen LogP contribution in [-0.4, -0.2) is 31.4 Å². The molecule has 0 aliphatic carbocycles. The number of hydrogen-bond donors (Lipinski definition) is 1. The minimum Gasteiger partial charge on any atom is -0.491 e. The van der Waals surface area contributed by atoms with E-state index >= 15 is 0 Å². The van der Waals surface area contributed by atoms with E-state index in [2.05, 4.69) is 0 Å². The second kappa shape index (κ2) is 9.49. The van der Waals surface area contributed by atoms with Crippen LogP contribution in [0.25, 0.3) is 5.57 Å². The molecular formula is C20H22O5. The summed E-state index contributed by atoms with van der Waals surface area (Å²) in [6.45, 7) is 3.04. The highest BCUT2D eigenvalue weighted by atomic mass is 16.5. The number of methoxy groups -OCH3 is 1. The predicted octanol–water partition coefficient (Wildman–Crippen LogP) is 3.78. The van der Waals surface area contributed by atoms with Crippen molar-refractivity contribution in [3.05, 3.63) is 65.7 Å². The first-order valence-corrected chi connectivity index (χ1v) is 7.94. The van der Waals surface area contributed by atoms with E-state index in [-0.39, 0.29) is 0 Å². The predicted molar refractivity (Wildman–Crippen MR) is 95.9 cm³/mol. The van der Waals surface area contributed by atoms with Crippen molar-refractivity contribution in [1.29, 1.82) is 0 Å². The van der Waals surface area contributed by atoms with Gasteiger partial charge in [0.2, 0.25) is 0 Å². The summed E-state index contributed by atoms with van der Waals surface area (Å²) in [7, 11) is 1.61. The minimum absolute atomic E-state index is 0.385. The Hall–Kier alpha value is -2.79. The number of rotatable bonds is 9. The average molecular weight is 342 g/mol. The van der Waals surface area contributed by atoms with E-state index in [1.165, 1.54) is 0 Å². The van der Waals surface area contributed by atoms with Crippen LogP contribution < -0.4 is 9.47 Å². The number of aliphatic carboxylic acids is 1. The third-order valence-corrected chi connectivity index (χ3v) is 3.51. The van der Waals surface area contributed by atoms with Gasteiger partial charge in [-0.3, -0.25) is 0 Å². The van der Waals surface area contributed by atoms with Gasteiger partial charge in [-0.15, -0.1) is 0 Å². The molecule has 0 saturated carbocycles. The van der Waals surface area contributed by atoms with E-state index in [1.54, 1.807) is 32.2 Å². The summed E-state index contributed by atoms with van der Waals surface area (Å²) in [5, 5.41) is 8.99. The Labute approximate surface area is 147 Å². The van der Waals surface area contributed by atoms with Crippen LogP contribution in [0.2, 0.25) is 0 Å². The third kappa shape index (κ3) is 5.97. The summed E-state index contributed by atoms with van der Waals surface area (Å²) in [5.74, 6) is 0.229. The Kier molecular flexibility index (Phi) is 7.04. The summed E-state index contributed by atoms with van der Waals surface area (Å²) < 4.78 is 16.5. The van der Waals surface area contributed by atoms with Gasteiger partial charge in [-0.2, -0.15) is 0 Å². The molecule has 0 unspecified atom stereocenters. The van der Waals surface area contributed by atoms with Crippen molar-refractivity contribution in [3.63, 3.8) is 0 Å². The molecule has 0 aromatic heterocycles. The first kappa shape index (κ1) is 18.5. The molecule has 0 amide bonds. The lowest BCUT2D eigenvalue weighted by Gasteiger charge is -2.14. The molecule has 0 saturated heterocycles. The normalized spacial score (nSPS) is 11.2. The molecule has 0 spiro atoms. The maximum absolute atomic E-state index is 11.0. The van der Waals surface area contributed by atoms with Gasteiger partial charge in [-0.25, -0.2) is 4.79 Å². The number of carbonyl (C=O) groups is 1. The molecule has 5 nitrogen and oxygen atoms in total. The molecule has 0 aliphatic rings. The first-order valence-electron chi connectivity index (χ1n) is 7.94. The van der Waals surface area contributed by atoms with Gasteiger partial charge in [-0.05, 0) is 30.2 Å². The monoisotopic (exact) mass is 342 g/mol. The Balaban J connectivity index is 2.23. The Morgan fingerprint density at radius 1 is 1.08 bits per heavy atom. The van der Waals surface area contributed by atoms with Crippen LogP contribution in [0.3, 0.4) is 0 Å². The quantitative estimate of drug-likeness (QED) is 0.555. The van der Waals surface area contributed by atoms with Gasteiger partial charge in [0.05, 0.1) is 6.61 Å². The zero-order valence-electron chi connectivity index (χ0n) is 14.4. The number of benzene rings is 2. The highest BCUT2D eigenvalue weighted by molar-refractivity contribution is 5.90. The average Bonchev–Trinajstić information content (AvgIpc) is 2.60. The number of hydrogen-bond acceptors (Lipinski definition) is 4. The molecule has 5 heteroatoms. The standard InChI is InChI=1S/C20H22O5/c1-15(12-20(21)22)18-9-8-17(24-11-10-23-2)13-19(18)25-14-16-6-4-3-5-7-16/h3-9,12-13H,10-11,14H2,1-2H3,(H,21,22). The molecule has 0 radical (unpaired) electrons. The maximum Gasteiger partial charge on any atom is 0.328 e. The molecule has 0 atom stereocenters. The van der Waals surface area contributed by atoms with Crippen molar-refractivity contribution in [2.75, 3.05) is 20.3 Å². The SMILES string of the molecule is COCCOc1ccc(C(C)=CC(=O)O)c(OCc2ccccc2)c1. The van der Waals surface area contributed by atoms with Crippen LogP contribution in [0.5, 0.6) is 11.5 Å². The fourth-order valence-corrected chi connectivity index (χ4v) is 2.28. The van der Waals surface area contributed by atoms with Crippen molar-refractivity contribution in [2.45, 2.75) is 13.5 Å². The van der Waals surface area contributed by atoms with Gasteiger partial charge in [0.15, 0.2) is 0 Å². The first-order chi connectivity index (χ1) is 12.1. The van der Waals surface area contributed by atoms with E-state index in [4.69, 9.17) is 19.3 Å². The van der Waals surface area contributed by atoms with Crippen LogP contribution in [0, 0.1) is 0 Å². The van der Waals surface area contributed by atoms with Crippen molar-refractivity contribution < 1.29 is 24.1 Å². The smallest absolute Gasteiger partial charge is 0.328 e. The topological polar surface area (TPSA) is 65.0 Å². The van der Waals surface area contributed by atoms with E-state index in [1.807, 2.05) is 30.3 Å². The van der Waals surface area contributed by atoms with Crippen LogP contribution in [-0.2, 0) is 16.1 Å². The Morgan fingerprint density at radius 2 is 1.84 bits per heavy atom. The Bertz CT molecular complexity index is 722. The van der Waals surface area contributed by atoms with Crippen molar-refractivity contribution >= 4 is 11.5 Å². The van der Waals surface area contributed by atoms with Crippen LogP contribution in [0.1, 0.15) is 18.1 Å². The zero-order chi connectivity index (χ0) is 18.1. The van der Waals surface area contributed by atoms with Gasteiger partial charge in [0, 0.05) is 24.8 Å². The molecular weight excluding hydrogens is 320 g/mol. The van der Waals surface area contributed by atoms with Gasteiger partial charge in [0.25, 0.3) is 0 Å². The van der Waals surface area contributed by atoms with Crippen molar-refractivity contribution in [1.82, 2.24) is 0 Å². The van der Waals surface area contributed by atoms with Crippen LogP contribution >= 0.6 is 0 Å². The number of carboxylic acids is 1. The second-order valence-electron chi connectivity index (χ2n) is 5.44. The molecule has 0 fully saturated rings. The van der Waals surface area contributed by atoms with Crippen molar-refractivity contribution in [3.8, 4) is 11.5 Å². The number of ether oxygens (including phenoxy) is 3. The Morgan fingerprint density at radius 3 is 2.52 bits per heavy atom. The molecule has 2 aromatic carbocycles. The van der Waals surface area contributed by atoms with Gasteiger partial charge in [0.1, 0.15) is 24.7 Å². The fourth-order valence-electron chi connectivity index (χ4n) is 2.28. The molecule has 2 rings (SSSR count). The van der Waals surface area contributed by atoms with Crippen LogP contribution in [0.15, 0.2) is 54.6 Å². The number of carboxylic acid groups (broad SMARTS) is 1. The summed E-state index contributed by atoms with van der Waals surface area (Å²) in [5.41, 5.74) is 2.36. The van der Waals surface area contributed by atoms with E-state index in [9.17, 15) is 4.79 Å². The minimum atomic E-state index is -0.994. The summed E-state index contributed by atoms with van der Waals surface area (Å²) >= 11 is 0. The molecule has 0 bridgehead atoms. The van der Waals surface area contributed by atoms with Gasteiger partial charge in [-0.1, -0.05) is 30.3 Å². The summed E-state index contributed by atoms with van der Waals surface area (Å²) in [6, 6.07) is 15.1. The zero-order valence-corrected chi connectivity index (χ0v) is 14.4. The highest BCUT2D eigenvalue weighted by Crippen LogP contribution is 2.31. The van der Waals surface area contributed by atoms with Crippen molar-refractivity contribution in [2.24, 2.45) is 0 Å². The molecule has 1 N–H and O–H groups in total.